The van der Waals surface area contributed by atoms with E-state index in [2.05, 4.69) is 24.3 Å². The van der Waals surface area contributed by atoms with E-state index in [4.69, 9.17) is 22.2 Å². The van der Waals surface area contributed by atoms with Gasteiger partial charge in [-0.2, -0.15) is 0 Å². The zero-order valence-electron chi connectivity index (χ0n) is 7.47. The first-order valence-electron chi connectivity index (χ1n) is 4.50. The minimum atomic E-state index is -1.04. The van der Waals surface area contributed by atoms with Crippen LogP contribution in [-0.4, -0.2) is 7.42 Å². The molecule has 13 heavy (non-hydrogen) atoms. The molecule has 0 aliphatic heterocycles. The van der Waals surface area contributed by atoms with Gasteiger partial charge in [0.25, 0.3) is 7.42 Å². The summed E-state index contributed by atoms with van der Waals surface area (Å²) in [5.74, 6) is 0. The van der Waals surface area contributed by atoms with Gasteiger partial charge in [0.15, 0.2) is 0 Å². The minimum absolute atomic E-state index is 1.00. The van der Waals surface area contributed by atoms with Gasteiger partial charge >= 0.3 is 0 Å². The maximum atomic E-state index is 5.73. The second-order valence-corrected chi connectivity index (χ2v) is 7.53. The Hall–Kier alpha value is 0.0169. The van der Waals surface area contributed by atoms with Crippen LogP contribution in [0, 0.1) is 0 Å². The summed E-state index contributed by atoms with van der Waals surface area (Å²) in [6, 6.07) is 11.5. The van der Waals surface area contributed by atoms with Crippen molar-refractivity contribution < 1.29 is 0 Å². The average molecular weight is 232 g/mol. The van der Waals surface area contributed by atoms with Crippen molar-refractivity contribution in [3.8, 4) is 0 Å². The second kappa shape index (κ2) is 6.47. The first-order chi connectivity index (χ1) is 6.29. The zero-order valence-corrected chi connectivity index (χ0v) is 9.98. The predicted molar refractivity (Wildman–Crippen MR) is 61.6 cm³/mol. The van der Waals surface area contributed by atoms with Crippen LogP contribution in [0.25, 0.3) is 0 Å². The third-order valence-corrected chi connectivity index (χ3v) is 3.79. The molecular weight excluding hydrogens is 219 g/mol. The first-order valence-corrected chi connectivity index (χ1v) is 8.23. The Morgan fingerprint density at radius 1 is 1.00 bits per heavy atom. The molecule has 0 unspecified atom stereocenters. The van der Waals surface area contributed by atoms with E-state index in [1.165, 1.54) is 12.0 Å². The molecule has 0 amide bonds. The smallest absolute Gasteiger partial charge is 0.147 e. The molecule has 1 aromatic carbocycles. The van der Waals surface area contributed by atoms with E-state index in [1.807, 2.05) is 6.07 Å². The molecule has 0 spiro atoms. The van der Waals surface area contributed by atoms with Gasteiger partial charge in [0.05, 0.1) is 0 Å². The van der Waals surface area contributed by atoms with Crippen LogP contribution in [0.5, 0.6) is 0 Å². The van der Waals surface area contributed by atoms with Gasteiger partial charge in [0.1, 0.15) is 0 Å². The summed E-state index contributed by atoms with van der Waals surface area (Å²) in [5, 5.41) is 0. The second-order valence-electron chi connectivity index (χ2n) is 3.03. The molecule has 0 aromatic heterocycles. The van der Waals surface area contributed by atoms with Crippen molar-refractivity contribution >= 4 is 29.6 Å². The quantitative estimate of drug-likeness (QED) is 0.409. The van der Waals surface area contributed by atoms with Crippen LogP contribution in [0.4, 0.5) is 0 Å². The summed E-state index contributed by atoms with van der Waals surface area (Å²) in [6.45, 7) is 0. The maximum absolute atomic E-state index is 5.73. The van der Waals surface area contributed by atoms with Crippen molar-refractivity contribution in [2.75, 3.05) is 0 Å². The standard InChI is InChI=1S/C10H13Cl2Si/c11-13(12)9-5-4-8-10-6-2-1-3-7-10/h1-3,6-7H,4-5,8-9H2. The fourth-order valence-corrected chi connectivity index (χ4v) is 2.55. The number of rotatable bonds is 5. The van der Waals surface area contributed by atoms with E-state index in [9.17, 15) is 0 Å². The summed E-state index contributed by atoms with van der Waals surface area (Å²) >= 11 is 11.5. The highest BCUT2D eigenvalue weighted by Gasteiger charge is 2.01. The van der Waals surface area contributed by atoms with Crippen molar-refractivity contribution in [3.63, 3.8) is 0 Å². The monoisotopic (exact) mass is 231 g/mol. The largest absolute Gasteiger partial charge is 0.273 e. The van der Waals surface area contributed by atoms with Gasteiger partial charge in [-0.3, -0.25) is 0 Å². The number of hydrogen-bond donors (Lipinski definition) is 0. The van der Waals surface area contributed by atoms with Gasteiger partial charge in [0.2, 0.25) is 0 Å². The molecule has 0 atom stereocenters. The fraction of sp³-hybridized carbons (Fsp3) is 0.400. The molecule has 0 saturated heterocycles. The molecule has 0 bridgehead atoms. The number of unbranched alkanes of at least 4 members (excludes halogenated alkanes) is 1. The molecule has 0 aliphatic carbocycles. The minimum Gasteiger partial charge on any atom is -0.147 e. The Bertz CT molecular complexity index is 224. The zero-order chi connectivity index (χ0) is 9.52. The Labute approximate surface area is 90.9 Å². The topological polar surface area (TPSA) is 0 Å². The van der Waals surface area contributed by atoms with Crippen molar-refractivity contribution in [2.45, 2.75) is 25.3 Å². The van der Waals surface area contributed by atoms with Crippen LogP contribution in [0.2, 0.25) is 6.04 Å². The summed E-state index contributed by atoms with van der Waals surface area (Å²) in [5.41, 5.74) is 1.40. The lowest BCUT2D eigenvalue weighted by atomic mass is 10.1. The van der Waals surface area contributed by atoms with E-state index in [0.29, 0.717) is 0 Å². The molecule has 1 radical (unpaired) electrons. The van der Waals surface area contributed by atoms with Crippen molar-refractivity contribution in [1.82, 2.24) is 0 Å². The lowest BCUT2D eigenvalue weighted by Gasteiger charge is -2.00. The molecule has 0 heterocycles. The van der Waals surface area contributed by atoms with E-state index in [0.717, 1.165) is 18.9 Å². The molecule has 1 rings (SSSR count). The summed E-state index contributed by atoms with van der Waals surface area (Å²) < 4.78 is 0. The molecule has 1 aromatic rings. The predicted octanol–water partition coefficient (Wildman–Crippen LogP) is 3.98. The van der Waals surface area contributed by atoms with Crippen LogP contribution in [0.1, 0.15) is 18.4 Å². The highest BCUT2D eigenvalue weighted by atomic mass is 35.7. The van der Waals surface area contributed by atoms with Gasteiger partial charge in [-0.1, -0.05) is 36.8 Å². The molecule has 0 saturated carbocycles. The van der Waals surface area contributed by atoms with Gasteiger partial charge in [0, 0.05) is 0 Å². The van der Waals surface area contributed by atoms with Crippen LogP contribution >= 0.6 is 22.2 Å². The van der Waals surface area contributed by atoms with Gasteiger partial charge in [-0.25, -0.2) is 0 Å². The van der Waals surface area contributed by atoms with Crippen LogP contribution in [0.15, 0.2) is 30.3 Å². The Morgan fingerprint density at radius 3 is 2.31 bits per heavy atom. The number of hydrogen-bond acceptors (Lipinski definition) is 0. The van der Waals surface area contributed by atoms with Crippen molar-refractivity contribution in [1.29, 1.82) is 0 Å². The Kier molecular flexibility index (Phi) is 5.52. The van der Waals surface area contributed by atoms with E-state index < -0.39 is 7.42 Å². The van der Waals surface area contributed by atoms with Gasteiger partial charge in [-0.05, 0) is 24.4 Å². The summed E-state index contributed by atoms with van der Waals surface area (Å²) in [4.78, 5) is 0. The number of aryl methyl sites for hydroxylation is 1. The normalized spacial score (nSPS) is 10.7. The lowest BCUT2D eigenvalue weighted by Crippen LogP contribution is -1.92. The van der Waals surface area contributed by atoms with Crippen molar-refractivity contribution in [2.24, 2.45) is 0 Å². The van der Waals surface area contributed by atoms with Gasteiger partial charge < -0.3 is 0 Å². The van der Waals surface area contributed by atoms with E-state index >= 15 is 0 Å². The third-order valence-electron chi connectivity index (χ3n) is 1.92. The maximum Gasteiger partial charge on any atom is 0.273 e. The average Bonchev–Trinajstić information content (AvgIpc) is 2.14. The SMILES string of the molecule is Cl[Si](Cl)CCCCc1ccccc1. The lowest BCUT2D eigenvalue weighted by molar-refractivity contribution is 0.792. The molecule has 0 N–H and O–H groups in total. The van der Waals surface area contributed by atoms with Crippen LogP contribution in [-0.2, 0) is 6.42 Å². The Balaban J connectivity index is 2.13. The van der Waals surface area contributed by atoms with Crippen LogP contribution in [0.3, 0.4) is 0 Å². The molecule has 3 heteroatoms. The van der Waals surface area contributed by atoms with E-state index in [-0.39, 0.29) is 0 Å². The fourth-order valence-electron chi connectivity index (χ4n) is 1.23. The summed E-state index contributed by atoms with van der Waals surface area (Å²) in [7, 11) is -1.04. The molecule has 0 nitrogen and oxygen atoms in total. The molecule has 0 fully saturated rings. The Morgan fingerprint density at radius 2 is 1.69 bits per heavy atom. The number of benzene rings is 1. The van der Waals surface area contributed by atoms with Gasteiger partial charge in [-0.15, -0.1) is 22.2 Å². The number of halogens is 2. The van der Waals surface area contributed by atoms with Crippen LogP contribution < -0.4 is 0 Å². The third kappa shape index (κ3) is 5.35. The molecular formula is C10H13Cl2Si. The van der Waals surface area contributed by atoms with Crippen molar-refractivity contribution in [3.05, 3.63) is 35.9 Å². The summed E-state index contributed by atoms with van der Waals surface area (Å²) in [6.07, 6.45) is 3.48. The molecule has 71 valence electrons. The molecule has 0 aliphatic rings. The van der Waals surface area contributed by atoms with E-state index in [1.54, 1.807) is 0 Å². The highest BCUT2D eigenvalue weighted by Crippen LogP contribution is 2.11. The first kappa shape index (κ1) is 11.1. The highest BCUT2D eigenvalue weighted by molar-refractivity contribution is 7.33.